The zero-order valence-electron chi connectivity index (χ0n) is 9.36. The lowest BCUT2D eigenvalue weighted by molar-refractivity contribution is 1.33. The van der Waals surface area contributed by atoms with E-state index in [-0.39, 0.29) is 0 Å². The minimum atomic E-state index is 1.14. The van der Waals surface area contributed by atoms with Crippen LogP contribution in [0.1, 0.15) is 18.1 Å². The molecule has 1 aromatic rings. The lowest BCUT2D eigenvalue weighted by Crippen LogP contribution is -1.86. The molecule has 0 N–H and O–H groups in total. The summed E-state index contributed by atoms with van der Waals surface area (Å²) in [6.45, 7) is 2.21. The quantitative estimate of drug-likeness (QED) is 0.522. The summed E-state index contributed by atoms with van der Waals surface area (Å²) in [6.07, 6.45) is 2.15. The third-order valence-corrected chi connectivity index (χ3v) is 5.03. The highest BCUT2D eigenvalue weighted by atomic mass is 32.2. The molecule has 1 rings (SSSR count). The Morgan fingerprint density at radius 1 is 1.07 bits per heavy atom. The molecule has 84 valence electrons. The van der Waals surface area contributed by atoms with Gasteiger partial charge in [-0.25, -0.2) is 0 Å². The summed E-state index contributed by atoms with van der Waals surface area (Å²) in [7, 11) is 0. The maximum Gasteiger partial charge on any atom is 0.0392 e. The molecule has 0 unspecified atom stereocenters. The van der Waals surface area contributed by atoms with Crippen molar-refractivity contribution in [1.82, 2.24) is 0 Å². The van der Waals surface area contributed by atoms with Gasteiger partial charge >= 0.3 is 0 Å². The molecule has 0 saturated carbocycles. The normalized spacial score (nSPS) is 10.5. The fourth-order valence-electron chi connectivity index (χ4n) is 1.27. The molecule has 0 aliphatic heterocycles. The van der Waals surface area contributed by atoms with Crippen LogP contribution >= 0.6 is 35.3 Å². The molecule has 0 bridgehead atoms. The van der Waals surface area contributed by atoms with E-state index in [1.807, 2.05) is 35.3 Å². The Morgan fingerprint density at radius 3 is 2.33 bits per heavy atom. The first-order chi connectivity index (χ1) is 7.36. The summed E-state index contributed by atoms with van der Waals surface area (Å²) in [4.78, 5) is 0. The van der Waals surface area contributed by atoms with Crippen molar-refractivity contribution in [3.05, 3.63) is 35.4 Å². The summed E-state index contributed by atoms with van der Waals surface area (Å²) in [6, 6.07) is 8.98. The summed E-state index contributed by atoms with van der Waals surface area (Å²) < 4.78 is 0. The smallest absolute Gasteiger partial charge is 0.0392 e. The Kier molecular flexibility index (Phi) is 7.49. The maximum atomic E-state index is 2.34. The summed E-state index contributed by atoms with van der Waals surface area (Å²) in [5.41, 5.74) is 2.92. The minimum Gasteiger partial charge on any atom is -0.157 e. The van der Waals surface area contributed by atoms with Gasteiger partial charge in [0.25, 0.3) is 0 Å². The maximum absolute atomic E-state index is 2.34. The molecule has 0 spiro atoms. The van der Waals surface area contributed by atoms with E-state index in [9.17, 15) is 0 Å². The number of benzene rings is 1. The Bertz CT molecular complexity index is 273. The summed E-state index contributed by atoms with van der Waals surface area (Å²) in [5, 5.41) is 1.19. The predicted octanol–water partition coefficient (Wildman–Crippen LogP) is 4.49. The molecular weight excluding hydrogens is 240 g/mol. The van der Waals surface area contributed by atoms with E-state index in [1.54, 1.807) is 0 Å². The second kappa shape index (κ2) is 8.43. The minimum absolute atomic E-state index is 1.14. The first-order valence-electron chi connectivity index (χ1n) is 5.09. The fourth-order valence-corrected chi connectivity index (χ4v) is 3.31. The van der Waals surface area contributed by atoms with Gasteiger partial charge in [-0.3, -0.25) is 0 Å². The predicted molar refractivity (Wildman–Crippen MR) is 78.0 cm³/mol. The number of rotatable bonds is 7. The number of thioether (sulfide) groups is 3. The summed E-state index contributed by atoms with van der Waals surface area (Å²) in [5.74, 6) is 3.49. The highest BCUT2D eigenvalue weighted by Crippen LogP contribution is 2.19. The number of hydrogen-bond acceptors (Lipinski definition) is 3. The van der Waals surface area contributed by atoms with Crippen molar-refractivity contribution in [3.63, 3.8) is 0 Å². The Balaban J connectivity index is 2.42. The molecule has 0 aliphatic rings. The SMILES string of the molecule is CCSCc1cccc(CSCSC)c1. The van der Waals surface area contributed by atoms with Gasteiger partial charge in [0, 0.05) is 16.6 Å². The van der Waals surface area contributed by atoms with Crippen molar-refractivity contribution in [2.75, 3.05) is 17.1 Å². The molecule has 0 heterocycles. The molecule has 0 saturated heterocycles. The van der Waals surface area contributed by atoms with Crippen LogP contribution in [0.25, 0.3) is 0 Å². The fraction of sp³-hybridized carbons (Fsp3) is 0.500. The van der Waals surface area contributed by atoms with Crippen LogP contribution in [0.15, 0.2) is 24.3 Å². The molecule has 0 aliphatic carbocycles. The van der Waals surface area contributed by atoms with Crippen LogP contribution in [0.2, 0.25) is 0 Å². The highest BCUT2D eigenvalue weighted by Gasteiger charge is 1.96. The van der Waals surface area contributed by atoms with Crippen LogP contribution in [0.5, 0.6) is 0 Å². The zero-order valence-corrected chi connectivity index (χ0v) is 11.8. The van der Waals surface area contributed by atoms with Gasteiger partial charge in [0.15, 0.2) is 0 Å². The molecule has 15 heavy (non-hydrogen) atoms. The third-order valence-electron chi connectivity index (χ3n) is 1.93. The van der Waals surface area contributed by atoms with Crippen LogP contribution in [-0.2, 0) is 11.5 Å². The van der Waals surface area contributed by atoms with Gasteiger partial charge in [0.05, 0.1) is 0 Å². The van der Waals surface area contributed by atoms with Crippen LogP contribution in [-0.4, -0.2) is 17.1 Å². The topological polar surface area (TPSA) is 0 Å². The zero-order chi connectivity index (χ0) is 10.9. The number of hydrogen-bond donors (Lipinski definition) is 0. The van der Waals surface area contributed by atoms with Gasteiger partial charge in [0.1, 0.15) is 0 Å². The first-order valence-corrected chi connectivity index (χ1v) is 8.79. The lowest BCUT2D eigenvalue weighted by atomic mass is 10.2. The average Bonchev–Trinajstić information content (AvgIpc) is 2.27. The molecule has 0 atom stereocenters. The molecule has 0 nitrogen and oxygen atoms in total. The van der Waals surface area contributed by atoms with Crippen LogP contribution in [0.3, 0.4) is 0 Å². The molecule has 0 amide bonds. The second-order valence-corrected chi connectivity index (χ2v) is 6.70. The Morgan fingerprint density at radius 2 is 1.73 bits per heavy atom. The van der Waals surface area contributed by atoms with Gasteiger partial charge in [-0.2, -0.15) is 23.5 Å². The van der Waals surface area contributed by atoms with Crippen LogP contribution in [0, 0.1) is 0 Å². The standard InChI is InChI=1S/C12H18S3/c1-3-14-8-11-5-4-6-12(7-11)9-15-10-13-2/h4-7H,3,8-10H2,1-2H3. The van der Waals surface area contributed by atoms with Crippen molar-refractivity contribution >= 4 is 35.3 Å². The van der Waals surface area contributed by atoms with Gasteiger partial charge < -0.3 is 0 Å². The summed E-state index contributed by atoms with van der Waals surface area (Å²) >= 11 is 5.88. The highest BCUT2D eigenvalue weighted by molar-refractivity contribution is 8.15. The molecule has 0 radical (unpaired) electrons. The molecular formula is C12H18S3. The van der Waals surface area contributed by atoms with E-state index in [0.29, 0.717) is 0 Å². The average molecular weight is 258 g/mol. The Labute approximate surface area is 106 Å². The van der Waals surface area contributed by atoms with Crippen molar-refractivity contribution < 1.29 is 0 Å². The van der Waals surface area contributed by atoms with Gasteiger partial charge in [0.2, 0.25) is 0 Å². The van der Waals surface area contributed by atoms with Crippen molar-refractivity contribution in [2.24, 2.45) is 0 Å². The van der Waals surface area contributed by atoms with E-state index < -0.39 is 0 Å². The molecule has 0 aromatic heterocycles. The lowest BCUT2D eigenvalue weighted by Gasteiger charge is -2.04. The van der Waals surface area contributed by atoms with E-state index in [4.69, 9.17) is 0 Å². The van der Waals surface area contributed by atoms with Gasteiger partial charge in [-0.1, -0.05) is 31.2 Å². The van der Waals surface area contributed by atoms with Crippen molar-refractivity contribution in [2.45, 2.75) is 18.4 Å². The van der Waals surface area contributed by atoms with Crippen LogP contribution in [0.4, 0.5) is 0 Å². The largest absolute Gasteiger partial charge is 0.157 e. The second-order valence-electron chi connectivity index (χ2n) is 3.21. The molecule has 0 fully saturated rings. The van der Waals surface area contributed by atoms with Gasteiger partial charge in [-0.05, 0) is 23.1 Å². The van der Waals surface area contributed by atoms with Crippen molar-refractivity contribution in [3.8, 4) is 0 Å². The first kappa shape index (κ1) is 13.3. The van der Waals surface area contributed by atoms with Crippen molar-refractivity contribution in [1.29, 1.82) is 0 Å². The van der Waals surface area contributed by atoms with E-state index in [0.717, 1.165) is 11.5 Å². The monoisotopic (exact) mass is 258 g/mol. The molecule has 3 heteroatoms. The molecule has 1 aromatic carbocycles. The van der Waals surface area contributed by atoms with E-state index in [1.165, 1.54) is 22.0 Å². The Hall–Kier alpha value is 0.270. The third kappa shape index (κ3) is 5.79. The van der Waals surface area contributed by atoms with E-state index >= 15 is 0 Å². The van der Waals surface area contributed by atoms with Crippen LogP contribution < -0.4 is 0 Å². The van der Waals surface area contributed by atoms with Gasteiger partial charge in [-0.15, -0.1) is 11.8 Å². The van der Waals surface area contributed by atoms with E-state index in [2.05, 4.69) is 37.4 Å².